The van der Waals surface area contributed by atoms with Crippen LogP contribution in [0.15, 0.2) is 36.7 Å². The van der Waals surface area contributed by atoms with Crippen LogP contribution < -0.4 is 24.8 Å². The number of hydrogen-bond donors (Lipinski definition) is 2. The van der Waals surface area contributed by atoms with E-state index in [2.05, 4.69) is 20.6 Å². The summed E-state index contributed by atoms with van der Waals surface area (Å²) >= 11 is 6.20. The molecule has 1 aromatic heterocycles. The summed E-state index contributed by atoms with van der Waals surface area (Å²) in [5.74, 6) is 1.22. The van der Waals surface area contributed by atoms with Crippen LogP contribution in [0.5, 0.6) is 17.2 Å². The summed E-state index contributed by atoms with van der Waals surface area (Å²) < 4.78 is 15.8. The molecule has 0 aliphatic rings. The molecule has 11 heteroatoms. The lowest BCUT2D eigenvalue weighted by atomic mass is 10.2. The number of nitrogens with zero attached hydrogens (tertiary/aromatic N) is 3. The summed E-state index contributed by atoms with van der Waals surface area (Å²) in [4.78, 5) is 19.4. The summed E-state index contributed by atoms with van der Waals surface area (Å²) in [7, 11) is 4.44. The van der Waals surface area contributed by atoms with Gasteiger partial charge in [-0.15, -0.1) is 0 Å². The molecule has 1 heterocycles. The van der Waals surface area contributed by atoms with Crippen molar-refractivity contribution < 1.29 is 19.1 Å². The van der Waals surface area contributed by atoms with E-state index < -0.39 is 4.92 Å². The Balaban J connectivity index is 2.05. The zero-order valence-corrected chi connectivity index (χ0v) is 18.0. The maximum absolute atomic E-state index is 11.9. The molecular weight excluding hydrogens is 426 g/mol. The zero-order valence-electron chi connectivity index (χ0n) is 17.2. The third kappa shape index (κ3) is 4.69. The first-order valence-electron chi connectivity index (χ1n) is 8.97. The molecule has 162 valence electrons. The van der Waals surface area contributed by atoms with E-state index in [0.29, 0.717) is 33.6 Å². The van der Waals surface area contributed by atoms with E-state index in [1.807, 2.05) is 13.0 Å². The molecule has 0 spiro atoms. The highest BCUT2D eigenvalue weighted by Crippen LogP contribution is 2.40. The van der Waals surface area contributed by atoms with Crippen LogP contribution in [-0.4, -0.2) is 36.2 Å². The Morgan fingerprint density at radius 3 is 2.03 bits per heavy atom. The van der Waals surface area contributed by atoms with Gasteiger partial charge in [-0.3, -0.25) is 10.1 Å². The fraction of sp³-hybridized carbons (Fsp3) is 0.200. The number of aryl methyl sites for hydroxylation is 1. The molecule has 3 aromatic rings. The average Bonchev–Trinajstić information content (AvgIpc) is 2.74. The van der Waals surface area contributed by atoms with Crippen LogP contribution in [-0.2, 0) is 0 Å². The largest absolute Gasteiger partial charge is 0.495 e. The van der Waals surface area contributed by atoms with Crippen LogP contribution in [0.1, 0.15) is 5.56 Å². The second-order valence-electron chi connectivity index (χ2n) is 6.32. The number of aromatic nitrogens is 2. The van der Waals surface area contributed by atoms with Gasteiger partial charge in [0, 0.05) is 6.07 Å². The van der Waals surface area contributed by atoms with E-state index in [4.69, 9.17) is 25.8 Å². The predicted octanol–water partition coefficient (Wildman–Crippen LogP) is 4.86. The smallest absolute Gasteiger partial charge is 0.353 e. The Hall–Kier alpha value is -3.79. The molecule has 3 rings (SSSR count). The quantitative estimate of drug-likeness (QED) is 0.369. The summed E-state index contributed by atoms with van der Waals surface area (Å²) in [6, 6.07) is 8.51. The molecule has 0 atom stereocenters. The molecule has 2 N–H and O–H groups in total. The molecule has 0 unspecified atom stereocenters. The van der Waals surface area contributed by atoms with Crippen molar-refractivity contribution in [2.24, 2.45) is 0 Å². The molecule has 2 aromatic carbocycles. The van der Waals surface area contributed by atoms with E-state index in [1.165, 1.54) is 33.7 Å². The summed E-state index contributed by atoms with van der Waals surface area (Å²) in [5.41, 5.74) is 1.48. The molecule has 0 radical (unpaired) electrons. The third-order valence-corrected chi connectivity index (χ3v) is 4.64. The first-order valence-corrected chi connectivity index (χ1v) is 9.35. The minimum atomic E-state index is -0.579. The van der Waals surface area contributed by atoms with Crippen LogP contribution in [0.25, 0.3) is 0 Å². The lowest BCUT2D eigenvalue weighted by molar-refractivity contribution is -0.383. The monoisotopic (exact) mass is 445 g/mol. The Kier molecular flexibility index (Phi) is 6.61. The molecule has 0 fully saturated rings. The zero-order chi connectivity index (χ0) is 22.5. The minimum absolute atomic E-state index is 0.00928. The third-order valence-electron chi connectivity index (χ3n) is 4.34. The van der Waals surface area contributed by atoms with E-state index >= 15 is 0 Å². The van der Waals surface area contributed by atoms with E-state index in [-0.39, 0.29) is 17.3 Å². The predicted molar refractivity (Wildman–Crippen MR) is 118 cm³/mol. The van der Waals surface area contributed by atoms with Crippen LogP contribution in [0, 0.1) is 17.0 Å². The van der Waals surface area contributed by atoms with E-state index in [1.54, 1.807) is 18.2 Å². The van der Waals surface area contributed by atoms with Crippen molar-refractivity contribution >= 4 is 40.3 Å². The van der Waals surface area contributed by atoms with Crippen LogP contribution in [0.2, 0.25) is 5.02 Å². The second-order valence-corrected chi connectivity index (χ2v) is 6.72. The summed E-state index contributed by atoms with van der Waals surface area (Å²) in [6.07, 6.45) is 1.21. The molecule has 0 amide bonds. The maximum Gasteiger partial charge on any atom is 0.353 e. The molecular formula is C20H20ClN5O5. The summed E-state index contributed by atoms with van der Waals surface area (Å²) in [6.45, 7) is 1.89. The fourth-order valence-electron chi connectivity index (χ4n) is 2.87. The van der Waals surface area contributed by atoms with E-state index in [0.717, 1.165) is 5.56 Å². The molecule has 0 saturated heterocycles. The molecule has 0 saturated carbocycles. The highest BCUT2D eigenvalue weighted by Gasteiger charge is 2.25. The molecule has 10 nitrogen and oxygen atoms in total. The van der Waals surface area contributed by atoms with Gasteiger partial charge in [0.1, 0.15) is 23.6 Å². The highest BCUT2D eigenvalue weighted by atomic mass is 35.5. The topological polar surface area (TPSA) is 121 Å². The van der Waals surface area contributed by atoms with Gasteiger partial charge in [0.25, 0.3) is 0 Å². The Labute approximate surface area is 183 Å². The average molecular weight is 446 g/mol. The lowest BCUT2D eigenvalue weighted by Crippen LogP contribution is -2.07. The first-order chi connectivity index (χ1) is 14.9. The number of nitrogens with one attached hydrogen (secondary N) is 2. The van der Waals surface area contributed by atoms with Gasteiger partial charge >= 0.3 is 5.69 Å². The van der Waals surface area contributed by atoms with Crippen molar-refractivity contribution in [2.75, 3.05) is 32.0 Å². The number of ether oxygens (including phenoxy) is 3. The number of nitro groups is 1. The number of benzene rings is 2. The van der Waals surface area contributed by atoms with Crippen molar-refractivity contribution in [3.8, 4) is 17.2 Å². The van der Waals surface area contributed by atoms with Crippen molar-refractivity contribution in [1.82, 2.24) is 9.97 Å². The van der Waals surface area contributed by atoms with Gasteiger partial charge in [0.05, 0.1) is 42.7 Å². The van der Waals surface area contributed by atoms with Crippen LogP contribution >= 0.6 is 11.6 Å². The fourth-order valence-corrected chi connectivity index (χ4v) is 3.11. The van der Waals surface area contributed by atoms with Gasteiger partial charge in [-0.25, -0.2) is 9.97 Å². The van der Waals surface area contributed by atoms with Gasteiger partial charge in [-0.1, -0.05) is 17.7 Å². The first kappa shape index (κ1) is 21.9. The van der Waals surface area contributed by atoms with Gasteiger partial charge in [-0.05, 0) is 30.7 Å². The summed E-state index contributed by atoms with van der Waals surface area (Å²) in [5, 5.41) is 18.1. The number of methoxy groups -OCH3 is 3. The number of rotatable bonds is 8. The second kappa shape index (κ2) is 9.35. The van der Waals surface area contributed by atoms with Gasteiger partial charge in [0.2, 0.25) is 11.6 Å². The number of anilines is 4. The Morgan fingerprint density at radius 1 is 0.903 bits per heavy atom. The molecule has 0 bridgehead atoms. The van der Waals surface area contributed by atoms with Gasteiger partial charge in [0.15, 0.2) is 0 Å². The lowest BCUT2D eigenvalue weighted by Gasteiger charge is -2.15. The van der Waals surface area contributed by atoms with Crippen LogP contribution in [0.4, 0.5) is 28.7 Å². The standard InChI is InChI=1S/C20H20ClN5O5/c1-11-5-6-15(29-2)13(7-11)24-19-18(26(27)28)20(23-10-22-19)25-14-8-12(21)16(30-3)9-17(14)31-4/h5-10H,1-4H3,(H2,22,23,24,25). The maximum atomic E-state index is 11.9. The van der Waals surface area contributed by atoms with Crippen molar-refractivity contribution in [3.63, 3.8) is 0 Å². The Morgan fingerprint density at radius 2 is 1.48 bits per heavy atom. The van der Waals surface area contributed by atoms with Gasteiger partial charge in [-0.2, -0.15) is 0 Å². The molecule has 31 heavy (non-hydrogen) atoms. The van der Waals surface area contributed by atoms with Crippen molar-refractivity contribution in [1.29, 1.82) is 0 Å². The van der Waals surface area contributed by atoms with Gasteiger partial charge < -0.3 is 24.8 Å². The minimum Gasteiger partial charge on any atom is -0.495 e. The molecule has 0 aliphatic heterocycles. The number of hydrogen-bond acceptors (Lipinski definition) is 9. The highest BCUT2D eigenvalue weighted by molar-refractivity contribution is 6.32. The normalized spacial score (nSPS) is 10.4. The Bertz CT molecular complexity index is 1130. The van der Waals surface area contributed by atoms with Crippen molar-refractivity contribution in [2.45, 2.75) is 6.92 Å². The molecule has 0 aliphatic carbocycles. The number of halogens is 1. The van der Waals surface area contributed by atoms with Crippen molar-refractivity contribution in [3.05, 3.63) is 57.4 Å². The van der Waals surface area contributed by atoms with Crippen LogP contribution in [0.3, 0.4) is 0 Å². The van der Waals surface area contributed by atoms with E-state index in [9.17, 15) is 10.1 Å². The SMILES string of the molecule is COc1cc(OC)c(Nc2ncnc(Nc3cc(C)ccc3OC)c2[N+](=O)[O-])cc1Cl.